The van der Waals surface area contributed by atoms with Gasteiger partial charge < -0.3 is 10.1 Å². The van der Waals surface area contributed by atoms with Crippen LogP contribution in [0.25, 0.3) is 0 Å². The molecule has 0 aliphatic carbocycles. The summed E-state index contributed by atoms with van der Waals surface area (Å²) in [5.41, 5.74) is 0.434. The fourth-order valence-corrected chi connectivity index (χ4v) is 3.95. The molecule has 0 saturated carbocycles. The van der Waals surface area contributed by atoms with Crippen molar-refractivity contribution >= 4 is 34.2 Å². The fourth-order valence-electron chi connectivity index (χ4n) is 1.94. The van der Waals surface area contributed by atoms with Gasteiger partial charge in [-0.15, -0.1) is 11.3 Å². The van der Waals surface area contributed by atoms with E-state index in [9.17, 15) is 4.79 Å². The number of rotatable bonds is 4. The van der Waals surface area contributed by atoms with Gasteiger partial charge in [0.25, 0.3) is 0 Å². The number of anilines is 1. The molecule has 100 valence electrons. The predicted octanol–water partition coefficient (Wildman–Crippen LogP) is 2.79. The Bertz CT molecular complexity index is 414. The van der Waals surface area contributed by atoms with Crippen LogP contribution >= 0.6 is 23.1 Å². The second-order valence-electron chi connectivity index (χ2n) is 4.35. The van der Waals surface area contributed by atoms with Crippen molar-refractivity contribution in [3.05, 3.63) is 10.6 Å². The molecule has 1 N–H and O–H groups in total. The molecular formula is C12H18N2O2S2. The Morgan fingerprint density at radius 1 is 1.50 bits per heavy atom. The van der Waals surface area contributed by atoms with Crippen LogP contribution in [0.15, 0.2) is 0 Å². The van der Waals surface area contributed by atoms with Gasteiger partial charge in [0.05, 0.1) is 7.11 Å². The largest absolute Gasteiger partial charge is 0.464 e. The summed E-state index contributed by atoms with van der Waals surface area (Å²) < 4.78 is 4.70. The number of aromatic nitrogens is 1. The van der Waals surface area contributed by atoms with E-state index >= 15 is 0 Å². The lowest BCUT2D eigenvalue weighted by Gasteiger charge is -2.21. The van der Waals surface area contributed by atoms with Crippen LogP contribution < -0.4 is 5.32 Å². The van der Waals surface area contributed by atoms with Crippen molar-refractivity contribution in [1.29, 1.82) is 0 Å². The minimum atomic E-state index is -0.356. The number of thioether (sulfide) groups is 1. The SMILES string of the molecule is COC(=O)c1nc(NCC2CCSCC2)sc1C. The second kappa shape index (κ2) is 6.43. The van der Waals surface area contributed by atoms with Gasteiger partial charge >= 0.3 is 5.97 Å². The Hall–Kier alpha value is -0.750. The van der Waals surface area contributed by atoms with Crippen LogP contribution in [-0.2, 0) is 4.74 Å². The summed E-state index contributed by atoms with van der Waals surface area (Å²) in [7, 11) is 1.38. The number of thiazole rings is 1. The van der Waals surface area contributed by atoms with Gasteiger partial charge in [-0.3, -0.25) is 0 Å². The number of methoxy groups -OCH3 is 1. The Balaban J connectivity index is 1.91. The van der Waals surface area contributed by atoms with E-state index in [1.54, 1.807) is 0 Å². The summed E-state index contributed by atoms with van der Waals surface area (Å²) in [4.78, 5) is 16.6. The molecule has 0 amide bonds. The number of carbonyl (C=O) groups excluding carboxylic acids is 1. The first kappa shape index (κ1) is 13.7. The number of aryl methyl sites for hydroxylation is 1. The quantitative estimate of drug-likeness (QED) is 0.863. The molecule has 1 aliphatic heterocycles. The van der Waals surface area contributed by atoms with E-state index in [0.29, 0.717) is 5.69 Å². The second-order valence-corrected chi connectivity index (χ2v) is 6.78. The van der Waals surface area contributed by atoms with E-state index in [1.165, 1.54) is 42.8 Å². The molecule has 2 rings (SSSR count). The smallest absolute Gasteiger partial charge is 0.357 e. The zero-order valence-electron chi connectivity index (χ0n) is 10.7. The van der Waals surface area contributed by atoms with Crippen LogP contribution in [0.5, 0.6) is 0 Å². The third-order valence-electron chi connectivity index (χ3n) is 3.06. The van der Waals surface area contributed by atoms with E-state index in [4.69, 9.17) is 4.74 Å². The number of nitrogens with zero attached hydrogens (tertiary/aromatic N) is 1. The molecule has 4 nitrogen and oxygen atoms in total. The molecule has 1 aromatic rings. The summed E-state index contributed by atoms with van der Waals surface area (Å²) >= 11 is 3.55. The standard InChI is InChI=1S/C12H18N2O2S2/c1-8-10(11(15)16-2)14-12(18-8)13-7-9-3-5-17-6-4-9/h9H,3-7H2,1-2H3,(H,13,14). The maximum atomic E-state index is 11.4. The topological polar surface area (TPSA) is 51.2 Å². The number of carbonyl (C=O) groups is 1. The maximum absolute atomic E-state index is 11.4. The lowest BCUT2D eigenvalue weighted by molar-refractivity contribution is 0.0594. The van der Waals surface area contributed by atoms with Crippen molar-refractivity contribution < 1.29 is 9.53 Å². The Labute approximate surface area is 116 Å². The lowest BCUT2D eigenvalue weighted by Crippen LogP contribution is -2.19. The minimum absolute atomic E-state index is 0.356. The zero-order chi connectivity index (χ0) is 13.0. The van der Waals surface area contributed by atoms with Gasteiger partial charge in [-0.1, -0.05) is 0 Å². The molecule has 0 unspecified atom stereocenters. The van der Waals surface area contributed by atoms with E-state index < -0.39 is 0 Å². The first-order chi connectivity index (χ1) is 8.70. The van der Waals surface area contributed by atoms with Gasteiger partial charge in [-0.25, -0.2) is 9.78 Å². The van der Waals surface area contributed by atoms with Crippen LogP contribution in [0.4, 0.5) is 5.13 Å². The summed E-state index contributed by atoms with van der Waals surface area (Å²) in [5, 5.41) is 4.17. The Kier molecular flexibility index (Phi) is 4.88. The molecule has 1 fully saturated rings. The van der Waals surface area contributed by atoms with Gasteiger partial charge in [0.1, 0.15) is 0 Å². The average molecular weight is 286 g/mol. The van der Waals surface area contributed by atoms with Gasteiger partial charge in [0.15, 0.2) is 10.8 Å². The number of ether oxygens (including phenoxy) is 1. The Morgan fingerprint density at radius 2 is 2.22 bits per heavy atom. The highest BCUT2D eigenvalue weighted by Gasteiger charge is 2.17. The van der Waals surface area contributed by atoms with Gasteiger partial charge in [0.2, 0.25) is 0 Å². The molecule has 18 heavy (non-hydrogen) atoms. The molecule has 0 bridgehead atoms. The van der Waals surface area contributed by atoms with E-state index in [-0.39, 0.29) is 5.97 Å². The summed E-state index contributed by atoms with van der Waals surface area (Å²) in [6.07, 6.45) is 2.54. The highest BCUT2D eigenvalue weighted by Crippen LogP contribution is 2.26. The maximum Gasteiger partial charge on any atom is 0.357 e. The van der Waals surface area contributed by atoms with E-state index in [2.05, 4.69) is 10.3 Å². The van der Waals surface area contributed by atoms with Crippen molar-refractivity contribution in [2.45, 2.75) is 19.8 Å². The lowest BCUT2D eigenvalue weighted by atomic mass is 10.0. The molecule has 0 atom stereocenters. The number of esters is 1. The van der Waals surface area contributed by atoms with Gasteiger partial charge in [0, 0.05) is 11.4 Å². The molecule has 6 heteroatoms. The summed E-state index contributed by atoms with van der Waals surface area (Å²) in [6, 6.07) is 0. The minimum Gasteiger partial charge on any atom is -0.464 e. The predicted molar refractivity (Wildman–Crippen MR) is 76.7 cm³/mol. The zero-order valence-corrected chi connectivity index (χ0v) is 12.3. The molecule has 0 aromatic carbocycles. The normalized spacial score (nSPS) is 16.6. The first-order valence-corrected chi connectivity index (χ1v) is 8.05. The summed E-state index contributed by atoms with van der Waals surface area (Å²) in [5.74, 6) is 2.90. The highest BCUT2D eigenvalue weighted by molar-refractivity contribution is 7.99. The van der Waals surface area contributed by atoms with Crippen molar-refractivity contribution in [1.82, 2.24) is 4.98 Å². The summed E-state index contributed by atoms with van der Waals surface area (Å²) in [6.45, 7) is 2.85. The third kappa shape index (κ3) is 3.38. The van der Waals surface area contributed by atoms with Crippen LogP contribution in [0, 0.1) is 12.8 Å². The fraction of sp³-hybridized carbons (Fsp3) is 0.667. The van der Waals surface area contributed by atoms with Gasteiger partial charge in [-0.2, -0.15) is 11.8 Å². The van der Waals surface area contributed by atoms with Crippen molar-refractivity contribution in [2.75, 3.05) is 30.5 Å². The molecule has 2 heterocycles. The molecule has 1 aromatic heterocycles. The van der Waals surface area contributed by atoms with Crippen LogP contribution in [0.1, 0.15) is 28.2 Å². The van der Waals surface area contributed by atoms with Crippen molar-refractivity contribution in [2.24, 2.45) is 5.92 Å². The number of hydrogen-bond acceptors (Lipinski definition) is 6. The first-order valence-electron chi connectivity index (χ1n) is 6.08. The molecule has 0 spiro atoms. The van der Waals surface area contributed by atoms with Crippen LogP contribution in [-0.4, -0.2) is 36.1 Å². The molecular weight excluding hydrogens is 268 g/mol. The molecule has 1 saturated heterocycles. The molecule has 1 aliphatic rings. The van der Waals surface area contributed by atoms with E-state index in [0.717, 1.165) is 22.5 Å². The number of hydrogen-bond donors (Lipinski definition) is 1. The highest BCUT2D eigenvalue weighted by atomic mass is 32.2. The van der Waals surface area contributed by atoms with Gasteiger partial charge in [-0.05, 0) is 37.2 Å². The molecule has 0 radical (unpaired) electrons. The monoisotopic (exact) mass is 286 g/mol. The average Bonchev–Trinajstić information content (AvgIpc) is 2.78. The Morgan fingerprint density at radius 3 is 2.89 bits per heavy atom. The third-order valence-corrected chi connectivity index (χ3v) is 5.04. The van der Waals surface area contributed by atoms with Crippen LogP contribution in [0.2, 0.25) is 0 Å². The van der Waals surface area contributed by atoms with Crippen LogP contribution in [0.3, 0.4) is 0 Å². The van der Waals surface area contributed by atoms with Crippen molar-refractivity contribution in [3.63, 3.8) is 0 Å². The number of nitrogens with one attached hydrogen (secondary N) is 1. The van der Waals surface area contributed by atoms with E-state index in [1.807, 2.05) is 18.7 Å². The van der Waals surface area contributed by atoms with Crippen molar-refractivity contribution in [3.8, 4) is 0 Å².